The Morgan fingerprint density at radius 1 is 1.50 bits per heavy atom. The van der Waals surface area contributed by atoms with Crippen molar-refractivity contribution in [3.8, 4) is 17.0 Å². The molecule has 2 N–H and O–H groups in total. The van der Waals surface area contributed by atoms with Crippen LogP contribution in [0.5, 0.6) is 5.75 Å². The molecule has 0 aromatic carbocycles. The fourth-order valence-corrected chi connectivity index (χ4v) is 1.73. The van der Waals surface area contributed by atoms with Crippen LogP contribution in [-0.4, -0.2) is 17.1 Å². The summed E-state index contributed by atoms with van der Waals surface area (Å²) in [6, 6.07) is 1.80. The summed E-state index contributed by atoms with van der Waals surface area (Å²) in [7, 11) is 1.62. The van der Waals surface area contributed by atoms with E-state index in [4.69, 9.17) is 10.5 Å². The first-order valence-corrected chi connectivity index (χ1v) is 4.88. The van der Waals surface area contributed by atoms with Gasteiger partial charge in [-0.25, -0.2) is 4.98 Å². The molecule has 2 heterocycles. The summed E-state index contributed by atoms with van der Waals surface area (Å²) < 4.78 is 5.19. The molecule has 0 bridgehead atoms. The van der Waals surface area contributed by atoms with Crippen molar-refractivity contribution in [3.05, 3.63) is 23.8 Å². The minimum absolute atomic E-state index is 0.547. The van der Waals surface area contributed by atoms with Crippen molar-refractivity contribution in [2.75, 3.05) is 12.8 Å². The standard InChI is InChI=1S/C9H9N3OS/c1-13-8-2-3-11-4-6(8)7-5-14-9(10)12-7/h2-5H,1H3,(H2,10,12). The zero-order valence-corrected chi connectivity index (χ0v) is 8.41. The lowest BCUT2D eigenvalue weighted by Gasteiger charge is -2.03. The van der Waals surface area contributed by atoms with E-state index in [-0.39, 0.29) is 0 Å². The van der Waals surface area contributed by atoms with Crippen molar-refractivity contribution < 1.29 is 4.74 Å². The van der Waals surface area contributed by atoms with E-state index in [1.807, 2.05) is 5.38 Å². The first-order valence-electron chi connectivity index (χ1n) is 4.00. The Kier molecular flexibility index (Phi) is 2.32. The number of methoxy groups -OCH3 is 1. The van der Waals surface area contributed by atoms with Crippen LogP contribution in [0.25, 0.3) is 11.3 Å². The van der Waals surface area contributed by atoms with Crippen LogP contribution < -0.4 is 10.5 Å². The van der Waals surface area contributed by atoms with E-state index >= 15 is 0 Å². The lowest BCUT2D eigenvalue weighted by Crippen LogP contribution is -1.89. The number of aromatic nitrogens is 2. The number of hydrogen-bond donors (Lipinski definition) is 1. The maximum atomic E-state index is 5.55. The van der Waals surface area contributed by atoms with Crippen molar-refractivity contribution in [2.45, 2.75) is 0 Å². The second-order valence-corrected chi connectivity index (χ2v) is 3.54. The van der Waals surface area contributed by atoms with E-state index in [9.17, 15) is 0 Å². The highest BCUT2D eigenvalue weighted by Gasteiger charge is 2.08. The average Bonchev–Trinajstić information content (AvgIpc) is 2.65. The molecule has 0 aliphatic carbocycles. The number of nitrogens with zero attached hydrogens (tertiary/aromatic N) is 2. The second-order valence-electron chi connectivity index (χ2n) is 2.65. The Hall–Kier alpha value is -1.62. The summed E-state index contributed by atoms with van der Waals surface area (Å²) in [5, 5.41) is 2.43. The smallest absolute Gasteiger partial charge is 0.180 e. The van der Waals surface area contributed by atoms with E-state index in [0.29, 0.717) is 5.13 Å². The summed E-state index contributed by atoms with van der Waals surface area (Å²) in [6.07, 6.45) is 3.39. The third-order valence-corrected chi connectivity index (χ3v) is 2.47. The molecule has 0 atom stereocenters. The van der Waals surface area contributed by atoms with Crippen LogP contribution >= 0.6 is 11.3 Å². The number of rotatable bonds is 2. The van der Waals surface area contributed by atoms with Gasteiger partial charge in [-0.15, -0.1) is 11.3 Å². The first-order chi connectivity index (χ1) is 6.81. The third-order valence-electron chi connectivity index (χ3n) is 1.80. The summed E-state index contributed by atoms with van der Waals surface area (Å²) in [5.41, 5.74) is 7.22. The number of anilines is 1. The zero-order chi connectivity index (χ0) is 9.97. The topological polar surface area (TPSA) is 61.0 Å². The maximum Gasteiger partial charge on any atom is 0.180 e. The Morgan fingerprint density at radius 2 is 2.36 bits per heavy atom. The summed E-state index contributed by atoms with van der Waals surface area (Å²) in [5.74, 6) is 0.755. The van der Waals surface area contributed by atoms with E-state index in [1.165, 1.54) is 11.3 Å². The summed E-state index contributed by atoms with van der Waals surface area (Å²) >= 11 is 1.40. The van der Waals surface area contributed by atoms with Gasteiger partial charge in [-0.3, -0.25) is 4.98 Å². The molecule has 0 amide bonds. The molecular formula is C9H9N3OS. The molecule has 0 radical (unpaired) electrons. The van der Waals surface area contributed by atoms with Gasteiger partial charge in [-0.05, 0) is 6.07 Å². The Morgan fingerprint density at radius 3 is 3.00 bits per heavy atom. The minimum Gasteiger partial charge on any atom is -0.496 e. The van der Waals surface area contributed by atoms with Gasteiger partial charge in [0.2, 0.25) is 0 Å². The largest absolute Gasteiger partial charge is 0.496 e. The number of thiazole rings is 1. The predicted octanol–water partition coefficient (Wildman–Crippen LogP) is 1.80. The van der Waals surface area contributed by atoms with Gasteiger partial charge in [0.05, 0.1) is 18.4 Å². The van der Waals surface area contributed by atoms with Crippen molar-refractivity contribution in [3.63, 3.8) is 0 Å². The summed E-state index contributed by atoms with van der Waals surface area (Å²) in [6.45, 7) is 0. The van der Waals surface area contributed by atoms with Crippen LogP contribution in [0, 0.1) is 0 Å². The molecule has 5 heteroatoms. The van der Waals surface area contributed by atoms with Crippen LogP contribution in [0.4, 0.5) is 5.13 Å². The predicted molar refractivity (Wildman–Crippen MR) is 56.3 cm³/mol. The SMILES string of the molecule is COc1ccncc1-c1csc(N)n1. The summed E-state index contributed by atoms with van der Waals surface area (Å²) in [4.78, 5) is 8.19. The van der Waals surface area contributed by atoms with Gasteiger partial charge in [0.25, 0.3) is 0 Å². The first kappa shape index (κ1) is 8.96. The lowest BCUT2D eigenvalue weighted by molar-refractivity contribution is 0.416. The monoisotopic (exact) mass is 207 g/mol. The number of pyridine rings is 1. The molecule has 0 fully saturated rings. The minimum atomic E-state index is 0.547. The molecule has 0 saturated heterocycles. The van der Waals surface area contributed by atoms with Gasteiger partial charge < -0.3 is 10.5 Å². The van der Waals surface area contributed by atoms with Crippen molar-refractivity contribution in [1.29, 1.82) is 0 Å². The van der Waals surface area contributed by atoms with Crippen LogP contribution in [0.2, 0.25) is 0 Å². The Labute approximate surface area is 85.4 Å². The zero-order valence-electron chi connectivity index (χ0n) is 7.60. The number of hydrogen-bond acceptors (Lipinski definition) is 5. The average molecular weight is 207 g/mol. The number of nitrogen functional groups attached to an aromatic ring is 1. The fourth-order valence-electron chi connectivity index (χ4n) is 1.16. The van der Waals surface area contributed by atoms with Crippen LogP contribution in [-0.2, 0) is 0 Å². The molecule has 0 spiro atoms. The van der Waals surface area contributed by atoms with Gasteiger partial charge in [0.1, 0.15) is 5.75 Å². The van der Waals surface area contributed by atoms with Crippen molar-refractivity contribution >= 4 is 16.5 Å². The van der Waals surface area contributed by atoms with Crippen LogP contribution in [0.1, 0.15) is 0 Å². The fraction of sp³-hybridized carbons (Fsp3) is 0.111. The quantitative estimate of drug-likeness (QED) is 0.815. The molecule has 2 aromatic rings. The van der Waals surface area contributed by atoms with Gasteiger partial charge in [0.15, 0.2) is 5.13 Å². The molecule has 0 aliphatic heterocycles. The highest BCUT2D eigenvalue weighted by atomic mass is 32.1. The molecule has 14 heavy (non-hydrogen) atoms. The molecule has 2 aromatic heterocycles. The number of ether oxygens (including phenoxy) is 1. The van der Waals surface area contributed by atoms with Crippen molar-refractivity contribution in [2.24, 2.45) is 0 Å². The normalized spacial score (nSPS) is 10.1. The van der Waals surface area contributed by atoms with E-state index in [2.05, 4.69) is 9.97 Å². The van der Waals surface area contributed by atoms with Crippen molar-refractivity contribution in [1.82, 2.24) is 9.97 Å². The van der Waals surface area contributed by atoms with E-state index in [0.717, 1.165) is 17.0 Å². The lowest BCUT2D eigenvalue weighted by atomic mass is 10.2. The van der Waals surface area contributed by atoms with Gasteiger partial charge in [0, 0.05) is 17.8 Å². The van der Waals surface area contributed by atoms with Gasteiger partial charge >= 0.3 is 0 Å². The molecule has 72 valence electrons. The molecule has 4 nitrogen and oxygen atoms in total. The maximum absolute atomic E-state index is 5.55. The van der Waals surface area contributed by atoms with Gasteiger partial charge in [-0.2, -0.15) is 0 Å². The van der Waals surface area contributed by atoms with E-state index < -0.39 is 0 Å². The molecule has 0 aliphatic rings. The highest BCUT2D eigenvalue weighted by molar-refractivity contribution is 7.13. The third kappa shape index (κ3) is 1.54. The highest BCUT2D eigenvalue weighted by Crippen LogP contribution is 2.29. The van der Waals surface area contributed by atoms with Crippen LogP contribution in [0.3, 0.4) is 0 Å². The number of nitrogens with two attached hydrogens (primary N) is 1. The Bertz CT molecular complexity index is 441. The molecule has 2 rings (SSSR count). The molecule has 0 unspecified atom stereocenters. The van der Waals surface area contributed by atoms with Gasteiger partial charge in [-0.1, -0.05) is 0 Å². The second kappa shape index (κ2) is 3.63. The Balaban J connectivity index is 2.50. The molecular weight excluding hydrogens is 198 g/mol. The van der Waals surface area contributed by atoms with Crippen LogP contribution in [0.15, 0.2) is 23.8 Å². The van der Waals surface area contributed by atoms with E-state index in [1.54, 1.807) is 25.6 Å². The molecule has 0 saturated carbocycles.